The Morgan fingerprint density at radius 2 is 1.59 bits per heavy atom. The molecule has 0 amide bonds. The molecule has 0 radical (unpaired) electrons. The van der Waals surface area contributed by atoms with Gasteiger partial charge in [0.1, 0.15) is 0 Å². The van der Waals surface area contributed by atoms with Crippen molar-refractivity contribution in [3.8, 4) is 0 Å². The molecule has 0 aromatic carbocycles. The van der Waals surface area contributed by atoms with Crippen molar-refractivity contribution in [3.63, 3.8) is 0 Å². The topological polar surface area (TPSA) is 52.3 Å². The van der Waals surface area contributed by atoms with E-state index in [2.05, 4.69) is 6.92 Å². The Hall–Kier alpha value is -0.570. The third-order valence-electron chi connectivity index (χ3n) is 2.85. The second kappa shape index (κ2) is 13.5. The normalized spacial score (nSPS) is 10.5. The van der Waals surface area contributed by atoms with Crippen molar-refractivity contribution in [3.05, 3.63) is 0 Å². The van der Waals surface area contributed by atoms with Crippen molar-refractivity contribution < 1.29 is 9.53 Å². The monoisotopic (exact) mass is 243 g/mol. The summed E-state index contributed by atoms with van der Waals surface area (Å²) in [6.07, 6.45) is 10.9. The highest BCUT2D eigenvalue weighted by atomic mass is 16.5. The Labute approximate surface area is 106 Å². The molecule has 3 nitrogen and oxygen atoms in total. The highest BCUT2D eigenvalue weighted by molar-refractivity contribution is 5.69. The van der Waals surface area contributed by atoms with E-state index in [0.29, 0.717) is 13.0 Å². The standard InChI is InChI=1S/C14H29NO2/c1-2-3-4-5-6-8-11-14(16)17-13-10-7-9-12-15/h2-13,15H2,1H3. The molecule has 0 aliphatic carbocycles. The van der Waals surface area contributed by atoms with Gasteiger partial charge in [-0.15, -0.1) is 0 Å². The van der Waals surface area contributed by atoms with E-state index in [4.69, 9.17) is 10.5 Å². The van der Waals surface area contributed by atoms with E-state index < -0.39 is 0 Å². The number of esters is 1. The lowest BCUT2D eigenvalue weighted by atomic mass is 10.1. The molecule has 0 heterocycles. The van der Waals surface area contributed by atoms with E-state index in [0.717, 1.165) is 38.6 Å². The molecule has 0 rings (SSSR count). The maximum Gasteiger partial charge on any atom is 0.305 e. The molecule has 0 aliphatic heterocycles. The first kappa shape index (κ1) is 16.4. The predicted molar refractivity (Wildman–Crippen MR) is 71.9 cm³/mol. The number of carbonyl (C=O) groups excluding carboxylic acids is 1. The molecule has 102 valence electrons. The van der Waals surface area contributed by atoms with E-state index in [1.807, 2.05) is 0 Å². The summed E-state index contributed by atoms with van der Waals surface area (Å²) in [4.78, 5) is 11.3. The summed E-state index contributed by atoms with van der Waals surface area (Å²) in [6.45, 7) is 3.50. The minimum Gasteiger partial charge on any atom is -0.466 e. The van der Waals surface area contributed by atoms with Crippen LogP contribution in [-0.2, 0) is 9.53 Å². The van der Waals surface area contributed by atoms with E-state index in [9.17, 15) is 4.79 Å². The van der Waals surface area contributed by atoms with Crippen LogP contribution in [0.3, 0.4) is 0 Å². The zero-order chi connectivity index (χ0) is 12.8. The number of rotatable bonds is 12. The minimum atomic E-state index is -0.0340. The highest BCUT2D eigenvalue weighted by Gasteiger charge is 2.01. The molecule has 0 saturated carbocycles. The Bertz CT molecular complexity index is 172. The number of carbonyl (C=O) groups is 1. The Morgan fingerprint density at radius 1 is 0.941 bits per heavy atom. The minimum absolute atomic E-state index is 0.0340. The SMILES string of the molecule is CCCCCCCCC(=O)OCCCCCN. The number of ether oxygens (including phenoxy) is 1. The molecule has 0 aromatic heterocycles. The summed E-state index contributed by atoms with van der Waals surface area (Å²) in [5.74, 6) is -0.0340. The molecular weight excluding hydrogens is 214 g/mol. The van der Waals surface area contributed by atoms with Crippen molar-refractivity contribution >= 4 is 5.97 Å². The molecule has 0 spiro atoms. The van der Waals surface area contributed by atoms with Gasteiger partial charge in [-0.05, 0) is 32.2 Å². The van der Waals surface area contributed by atoms with Gasteiger partial charge in [-0.25, -0.2) is 0 Å². The predicted octanol–water partition coefficient (Wildman–Crippen LogP) is 3.41. The molecule has 17 heavy (non-hydrogen) atoms. The maximum absolute atomic E-state index is 11.3. The second-order valence-corrected chi connectivity index (χ2v) is 4.59. The zero-order valence-electron chi connectivity index (χ0n) is 11.4. The first-order valence-electron chi connectivity index (χ1n) is 7.17. The van der Waals surface area contributed by atoms with Crippen LogP contribution in [-0.4, -0.2) is 19.1 Å². The van der Waals surface area contributed by atoms with Gasteiger partial charge in [0.05, 0.1) is 6.61 Å². The smallest absolute Gasteiger partial charge is 0.305 e. The Balaban J connectivity index is 3.12. The third kappa shape index (κ3) is 13.4. The quantitative estimate of drug-likeness (QED) is 0.422. The summed E-state index contributed by atoms with van der Waals surface area (Å²) in [7, 11) is 0. The molecule has 0 aromatic rings. The first-order valence-corrected chi connectivity index (χ1v) is 7.17. The van der Waals surface area contributed by atoms with Crippen LogP contribution in [0.25, 0.3) is 0 Å². The average Bonchev–Trinajstić information content (AvgIpc) is 2.33. The summed E-state index contributed by atoms with van der Waals surface area (Å²) < 4.78 is 5.14. The third-order valence-corrected chi connectivity index (χ3v) is 2.85. The van der Waals surface area contributed by atoms with Crippen molar-refractivity contribution in [2.45, 2.75) is 71.1 Å². The summed E-state index contributed by atoms with van der Waals surface area (Å²) in [5, 5.41) is 0. The van der Waals surface area contributed by atoms with Crippen LogP contribution in [0.5, 0.6) is 0 Å². The van der Waals surface area contributed by atoms with Gasteiger partial charge in [-0.1, -0.05) is 39.0 Å². The van der Waals surface area contributed by atoms with Gasteiger partial charge < -0.3 is 10.5 Å². The fraction of sp³-hybridized carbons (Fsp3) is 0.929. The lowest BCUT2D eigenvalue weighted by Crippen LogP contribution is -2.06. The van der Waals surface area contributed by atoms with Crippen LogP contribution in [0.15, 0.2) is 0 Å². The van der Waals surface area contributed by atoms with Gasteiger partial charge in [-0.3, -0.25) is 4.79 Å². The van der Waals surface area contributed by atoms with E-state index in [-0.39, 0.29) is 5.97 Å². The molecule has 0 bridgehead atoms. The molecule has 3 heteroatoms. The molecule has 0 aliphatic rings. The van der Waals surface area contributed by atoms with Crippen LogP contribution in [0.2, 0.25) is 0 Å². The fourth-order valence-electron chi connectivity index (χ4n) is 1.73. The zero-order valence-corrected chi connectivity index (χ0v) is 11.4. The largest absolute Gasteiger partial charge is 0.466 e. The fourth-order valence-corrected chi connectivity index (χ4v) is 1.73. The Kier molecular flexibility index (Phi) is 13.0. The van der Waals surface area contributed by atoms with Crippen molar-refractivity contribution in [1.82, 2.24) is 0 Å². The van der Waals surface area contributed by atoms with Crippen LogP contribution in [0.1, 0.15) is 71.1 Å². The average molecular weight is 243 g/mol. The van der Waals surface area contributed by atoms with Crippen LogP contribution < -0.4 is 5.73 Å². The highest BCUT2D eigenvalue weighted by Crippen LogP contribution is 2.07. The molecule has 2 N–H and O–H groups in total. The number of unbranched alkanes of at least 4 members (excludes halogenated alkanes) is 7. The lowest BCUT2D eigenvalue weighted by molar-refractivity contribution is -0.143. The number of hydrogen-bond donors (Lipinski definition) is 1. The van der Waals surface area contributed by atoms with E-state index in [1.54, 1.807) is 0 Å². The summed E-state index contributed by atoms with van der Waals surface area (Å²) in [5.41, 5.74) is 5.38. The van der Waals surface area contributed by atoms with Crippen molar-refractivity contribution in [2.24, 2.45) is 5.73 Å². The van der Waals surface area contributed by atoms with Crippen molar-refractivity contribution in [2.75, 3.05) is 13.2 Å². The van der Waals surface area contributed by atoms with E-state index in [1.165, 1.54) is 25.7 Å². The number of hydrogen-bond acceptors (Lipinski definition) is 3. The lowest BCUT2D eigenvalue weighted by Gasteiger charge is -2.04. The van der Waals surface area contributed by atoms with E-state index >= 15 is 0 Å². The van der Waals surface area contributed by atoms with Gasteiger partial charge in [0.2, 0.25) is 0 Å². The molecule has 0 unspecified atom stereocenters. The van der Waals surface area contributed by atoms with Crippen LogP contribution >= 0.6 is 0 Å². The van der Waals surface area contributed by atoms with Crippen molar-refractivity contribution in [1.29, 1.82) is 0 Å². The van der Waals surface area contributed by atoms with Crippen LogP contribution in [0, 0.1) is 0 Å². The molecule has 0 atom stereocenters. The second-order valence-electron chi connectivity index (χ2n) is 4.59. The van der Waals surface area contributed by atoms with Gasteiger partial charge in [-0.2, -0.15) is 0 Å². The molecule has 0 saturated heterocycles. The Morgan fingerprint density at radius 3 is 2.29 bits per heavy atom. The van der Waals surface area contributed by atoms with Crippen LogP contribution in [0.4, 0.5) is 0 Å². The van der Waals surface area contributed by atoms with Gasteiger partial charge >= 0.3 is 5.97 Å². The first-order chi connectivity index (χ1) is 8.31. The van der Waals surface area contributed by atoms with Gasteiger partial charge in [0.25, 0.3) is 0 Å². The molecular formula is C14H29NO2. The summed E-state index contributed by atoms with van der Waals surface area (Å²) >= 11 is 0. The van der Waals surface area contributed by atoms with Gasteiger partial charge in [0, 0.05) is 6.42 Å². The van der Waals surface area contributed by atoms with Gasteiger partial charge in [0.15, 0.2) is 0 Å². The maximum atomic E-state index is 11.3. The molecule has 0 fully saturated rings. The number of nitrogens with two attached hydrogens (primary N) is 1. The summed E-state index contributed by atoms with van der Waals surface area (Å²) in [6, 6.07) is 0.